The molecular weight excluding hydrogens is 200 g/mol. The Morgan fingerprint density at radius 3 is 2.94 bits per heavy atom. The molecule has 1 saturated heterocycles. The van der Waals surface area contributed by atoms with Crippen LogP contribution < -0.4 is 10.6 Å². The zero-order valence-electron chi connectivity index (χ0n) is 10.1. The van der Waals surface area contributed by atoms with Crippen molar-refractivity contribution in [3.8, 4) is 0 Å². The number of nitrogens with zero attached hydrogens (tertiary/aromatic N) is 1. The Kier molecular flexibility index (Phi) is 4.36. The molecule has 0 aliphatic carbocycles. The van der Waals surface area contributed by atoms with Crippen LogP contribution in [0.5, 0.6) is 0 Å². The van der Waals surface area contributed by atoms with E-state index < -0.39 is 0 Å². The lowest BCUT2D eigenvalue weighted by atomic mass is 10.1. The van der Waals surface area contributed by atoms with Gasteiger partial charge in [0.2, 0.25) is 0 Å². The first-order valence-corrected chi connectivity index (χ1v) is 6.29. The molecule has 0 unspecified atom stereocenters. The van der Waals surface area contributed by atoms with Gasteiger partial charge in [-0.05, 0) is 57.8 Å². The first-order chi connectivity index (χ1) is 7.86. The fourth-order valence-electron chi connectivity index (χ4n) is 2.24. The van der Waals surface area contributed by atoms with Gasteiger partial charge in [-0.2, -0.15) is 5.10 Å². The highest BCUT2D eigenvalue weighted by Gasteiger charge is 2.11. The Hall–Kier alpha value is -0.870. The molecular formula is C12H22N4. The lowest BCUT2D eigenvalue weighted by Gasteiger charge is -2.23. The molecule has 0 bridgehead atoms. The maximum absolute atomic E-state index is 4.04. The minimum atomic E-state index is 0.728. The smallest absolute Gasteiger partial charge is 0.0522 e. The largest absolute Gasteiger partial charge is 0.317 e. The minimum Gasteiger partial charge on any atom is -0.317 e. The van der Waals surface area contributed by atoms with Crippen LogP contribution >= 0.6 is 0 Å². The predicted molar refractivity (Wildman–Crippen MR) is 65.5 cm³/mol. The average molecular weight is 222 g/mol. The number of rotatable bonds is 5. The van der Waals surface area contributed by atoms with Crippen molar-refractivity contribution in [2.45, 2.75) is 38.6 Å². The zero-order chi connectivity index (χ0) is 11.2. The second kappa shape index (κ2) is 6.01. The van der Waals surface area contributed by atoms with E-state index in [1.807, 2.05) is 6.20 Å². The third-order valence-electron chi connectivity index (χ3n) is 3.33. The van der Waals surface area contributed by atoms with Gasteiger partial charge in [0.25, 0.3) is 0 Å². The van der Waals surface area contributed by atoms with Gasteiger partial charge in [-0.3, -0.25) is 5.10 Å². The summed E-state index contributed by atoms with van der Waals surface area (Å²) >= 11 is 0. The Labute approximate surface area is 97.2 Å². The molecule has 4 heteroatoms. The highest BCUT2D eigenvalue weighted by atomic mass is 15.1. The predicted octanol–water partition coefficient (Wildman–Crippen LogP) is 0.992. The second-order valence-electron chi connectivity index (χ2n) is 4.60. The molecule has 1 aliphatic heterocycles. The van der Waals surface area contributed by atoms with Gasteiger partial charge in [0, 0.05) is 11.7 Å². The van der Waals surface area contributed by atoms with Crippen molar-refractivity contribution in [3.63, 3.8) is 0 Å². The highest BCUT2D eigenvalue weighted by Crippen LogP contribution is 2.06. The van der Waals surface area contributed by atoms with Crippen molar-refractivity contribution in [1.82, 2.24) is 20.8 Å². The van der Waals surface area contributed by atoms with Crippen molar-refractivity contribution in [2.24, 2.45) is 0 Å². The Morgan fingerprint density at radius 1 is 1.44 bits per heavy atom. The van der Waals surface area contributed by atoms with Gasteiger partial charge in [-0.25, -0.2) is 0 Å². The van der Waals surface area contributed by atoms with Crippen molar-refractivity contribution in [2.75, 3.05) is 19.6 Å². The molecule has 1 aromatic rings. The van der Waals surface area contributed by atoms with Gasteiger partial charge in [-0.1, -0.05) is 0 Å². The van der Waals surface area contributed by atoms with Crippen LogP contribution in [0.4, 0.5) is 0 Å². The molecule has 0 spiro atoms. The van der Waals surface area contributed by atoms with Crippen LogP contribution in [-0.2, 0) is 6.42 Å². The van der Waals surface area contributed by atoms with Crippen molar-refractivity contribution >= 4 is 0 Å². The van der Waals surface area contributed by atoms with Crippen LogP contribution in [0.25, 0.3) is 0 Å². The second-order valence-corrected chi connectivity index (χ2v) is 4.60. The summed E-state index contributed by atoms with van der Waals surface area (Å²) in [5, 5.41) is 14.0. The fraction of sp³-hybridized carbons (Fsp3) is 0.750. The topological polar surface area (TPSA) is 52.7 Å². The molecule has 3 N–H and O–H groups in total. The highest BCUT2D eigenvalue weighted by molar-refractivity contribution is 5.14. The summed E-state index contributed by atoms with van der Waals surface area (Å²) in [6.07, 6.45) is 6.81. The maximum atomic E-state index is 4.04. The van der Waals surface area contributed by atoms with Gasteiger partial charge < -0.3 is 10.6 Å². The molecule has 1 aliphatic rings. The van der Waals surface area contributed by atoms with Crippen LogP contribution in [0.1, 0.15) is 30.5 Å². The zero-order valence-corrected chi connectivity index (χ0v) is 10.1. The number of hydrogen-bond donors (Lipinski definition) is 3. The molecule has 2 rings (SSSR count). The van der Waals surface area contributed by atoms with E-state index in [2.05, 4.69) is 27.8 Å². The number of piperidine rings is 1. The minimum absolute atomic E-state index is 0.728. The Bertz CT molecular complexity index is 302. The molecule has 1 aromatic heterocycles. The van der Waals surface area contributed by atoms with E-state index >= 15 is 0 Å². The average Bonchev–Trinajstić information content (AvgIpc) is 2.72. The molecule has 1 fully saturated rings. The van der Waals surface area contributed by atoms with E-state index in [9.17, 15) is 0 Å². The van der Waals surface area contributed by atoms with E-state index in [1.54, 1.807) is 0 Å². The quantitative estimate of drug-likeness (QED) is 0.651. The first-order valence-electron chi connectivity index (χ1n) is 6.29. The van der Waals surface area contributed by atoms with Crippen LogP contribution in [0.3, 0.4) is 0 Å². The fourth-order valence-corrected chi connectivity index (χ4v) is 2.24. The van der Waals surface area contributed by atoms with Crippen LogP contribution in [0, 0.1) is 6.92 Å². The summed E-state index contributed by atoms with van der Waals surface area (Å²) in [5.74, 6) is 0. The molecule has 0 atom stereocenters. The molecule has 0 radical (unpaired) electrons. The van der Waals surface area contributed by atoms with Crippen molar-refractivity contribution in [3.05, 3.63) is 17.5 Å². The number of hydrogen-bond acceptors (Lipinski definition) is 3. The summed E-state index contributed by atoms with van der Waals surface area (Å²) in [7, 11) is 0. The van der Waals surface area contributed by atoms with Crippen LogP contribution in [-0.4, -0.2) is 35.9 Å². The van der Waals surface area contributed by atoms with Gasteiger partial charge in [0.15, 0.2) is 0 Å². The van der Waals surface area contributed by atoms with E-state index in [1.165, 1.54) is 43.6 Å². The Balaban J connectivity index is 1.59. The third kappa shape index (κ3) is 3.32. The summed E-state index contributed by atoms with van der Waals surface area (Å²) in [6, 6.07) is 0.728. The van der Waals surface area contributed by atoms with E-state index in [0.29, 0.717) is 0 Å². The van der Waals surface area contributed by atoms with E-state index in [0.717, 1.165) is 19.0 Å². The SMILES string of the molecule is Cc1[nH]ncc1CCCNC1CCNCC1. The molecule has 90 valence electrons. The van der Waals surface area contributed by atoms with Gasteiger partial charge >= 0.3 is 0 Å². The monoisotopic (exact) mass is 222 g/mol. The molecule has 0 saturated carbocycles. The van der Waals surface area contributed by atoms with Gasteiger partial charge in [0.05, 0.1) is 6.20 Å². The third-order valence-corrected chi connectivity index (χ3v) is 3.33. The number of aromatic amines is 1. The van der Waals surface area contributed by atoms with E-state index in [4.69, 9.17) is 0 Å². The normalized spacial score (nSPS) is 17.8. The molecule has 0 amide bonds. The van der Waals surface area contributed by atoms with Gasteiger partial charge in [-0.15, -0.1) is 0 Å². The lowest BCUT2D eigenvalue weighted by Crippen LogP contribution is -2.40. The maximum Gasteiger partial charge on any atom is 0.0522 e. The molecule has 4 nitrogen and oxygen atoms in total. The number of aromatic nitrogens is 2. The number of H-pyrrole nitrogens is 1. The van der Waals surface area contributed by atoms with Crippen molar-refractivity contribution in [1.29, 1.82) is 0 Å². The number of nitrogens with one attached hydrogen (secondary N) is 3. The van der Waals surface area contributed by atoms with E-state index in [-0.39, 0.29) is 0 Å². The van der Waals surface area contributed by atoms with Crippen molar-refractivity contribution < 1.29 is 0 Å². The molecule has 2 heterocycles. The summed E-state index contributed by atoms with van der Waals surface area (Å²) in [4.78, 5) is 0. The summed E-state index contributed by atoms with van der Waals surface area (Å²) in [6.45, 7) is 5.54. The van der Waals surface area contributed by atoms with Gasteiger partial charge in [0.1, 0.15) is 0 Å². The first kappa shape index (κ1) is 11.6. The lowest BCUT2D eigenvalue weighted by molar-refractivity contribution is 0.386. The standard InChI is InChI=1S/C12H22N4/c1-10-11(9-15-16-10)3-2-6-14-12-4-7-13-8-5-12/h9,12-14H,2-8H2,1H3,(H,15,16). The van der Waals surface area contributed by atoms with Crippen LogP contribution in [0.2, 0.25) is 0 Å². The Morgan fingerprint density at radius 2 is 2.25 bits per heavy atom. The molecule has 0 aromatic carbocycles. The molecule has 16 heavy (non-hydrogen) atoms. The summed E-state index contributed by atoms with van der Waals surface area (Å²) in [5.41, 5.74) is 2.56. The van der Waals surface area contributed by atoms with Crippen LogP contribution in [0.15, 0.2) is 6.20 Å². The summed E-state index contributed by atoms with van der Waals surface area (Å²) < 4.78 is 0. The number of aryl methyl sites for hydroxylation is 2.